The summed E-state index contributed by atoms with van der Waals surface area (Å²) in [5, 5.41) is 4.34. The van der Waals surface area contributed by atoms with Gasteiger partial charge in [-0.1, -0.05) is 72.8 Å². The number of nitrogens with one attached hydrogen (secondary N) is 1. The molecule has 0 aliphatic carbocycles. The first-order valence-corrected chi connectivity index (χ1v) is 11.9. The zero-order chi connectivity index (χ0) is 21.4. The first-order valence-electron chi connectivity index (χ1n) is 10.3. The summed E-state index contributed by atoms with van der Waals surface area (Å²) >= 11 is 0. The predicted molar refractivity (Wildman–Crippen MR) is 123 cm³/mol. The summed E-state index contributed by atoms with van der Waals surface area (Å²) in [4.78, 5) is 0. The van der Waals surface area contributed by atoms with Gasteiger partial charge in [0.2, 0.25) is 0 Å². The van der Waals surface area contributed by atoms with Crippen LogP contribution in [0, 0.1) is 6.92 Å². The summed E-state index contributed by atoms with van der Waals surface area (Å²) in [6, 6.07) is 27.5. The van der Waals surface area contributed by atoms with Crippen LogP contribution in [0.25, 0.3) is 0 Å². The van der Waals surface area contributed by atoms with Gasteiger partial charge < -0.3 is 9.26 Å². The van der Waals surface area contributed by atoms with Gasteiger partial charge in [0.25, 0.3) is 7.37 Å². The lowest BCUT2D eigenvalue weighted by atomic mass is 10.1. The zero-order valence-corrected chi connectivity index (χ0v) is 18.7. The molecule has 30 heavy (non-hydrogen) atoms. The van der Waals surface area contributed by atoms with Crippen LogP contribution in [-0.2, 0) is 13.8 Å². The summed E-state index contributed by atoms with van der Waals surface area (Å²) in [6.07, 6.45) is 0. The second kappa shape index (κ2) is 10.7. The summed E-state index contributed by atoms with van der Waals surface area (Å²) in [7, 11) is -1.62. The lowest BCUT2D eigenvalue weighted by molar-refractivity contribution is 0.164. The normalized spacial score (nSPS) is 15.3. The Kier molecular flexibility index (Phi) is 8.01. The van der Waals surface area contributed by atoms with Crippen LogP contribution in [-0.4, -0.2) is 20.3 Å². The first kappa shape index (κ1) is 22.5. The van der Waals surface area contributed by atoms with E-state index in [1.807, 2.05) is 86.6 Å². The monoisotopic (exact) mass is 423 g/mol. The third kappa shape index (κ3) is 5.08. The van der Waals surface area contributed by atoms with E-state index in [-0.39, 0.29) is 6.04 Å². The Hall–Kier alpha value is -2.23. The van der Waals surface area contributed by atoms with E-state index in [9.17, 15) is 4.57 Å². The van der Waals surface area contributed by atoms with Gasteiger partial charge in [-0.25, -0.2) is 0 Å². The van der Waals surface area contributed by atoms with Gasteiger partial charge in [0.15, 0.2) is 0 Å². The van der Waals surface area contributed by atoms with Gasteiger partial charge in [0.1, 0.15) is 5.78 Å². The van der Waals surface area contributed by atoms with Crippen LogP contribution < -0.4 is 10.6 Å². The maximum atomic E-state index is 14.5. The van der Waals surface area contributed by atoms with Crippen LogP contribution in [0.2, 0.25) is 0 Å². The Bertz CT molecular complexity index is 962. The Morgan fingerprint density at radius 2 is 1.50 bits per heavy atom. The topological polar surface area (TPSA) is 47.6 Å². The molecule has 5 heteroatoms. The first-order chi connectivity index (χ1) is 14.6. The van der Waals surface area contributed by atoms with Gasteiger partial charge in [-0.05, 0) is 42.7 Å². The molecule has 3 rings (SSSR count). The maximum absolute atomic E-state index is 14.5. The van der Waals surface area contributed by atoms with Crippen molar-refractivity contribution in [3.63, 3.8) is 0 Å². The van der Waals surface area contributed by atoms with Crippen LogP contribution in [0.5, 0.6) is 0 Å². The number of rotatable bonds is 10. The SMILES string of the molecule is CCOP(=O)(c1ccccc1)C(N[C@H](COC)c1ccccc1)c1ccccc1C. The Morgan fingerprint density at radius 1 is 0.900 bits per heavy atom. The Balaban J connectivity index is 2.12. The van der Waals surface area contributed by atoms with Gasteiger partial charge >= 0.3 is 0 Å². The molecule has 1 N–H and O–H groups in total. The molecule has 3 aromatic rings. The molecule has 2 unspecified atom stereocenters. The molecule has 0 saturated heterocycles. The van der Waals surface area contributed by atoms with E-state index in [0.29, 0.717) is 18.5 Å². The fraction of sp³-hybridized carbons (Fsp3) is 0.280. The maximum Gasteiger partial charge on any atom is 0.252 e. The van der Waals surface area contributed by atoms with E-state index >= 15 is 0 Å². The van der Waals surface area contributed by atoms with E-state index in [1.165, 1.54) is 0 Å². The van der Waals surface area contributed by atoms with Gasteiger partial charge in [-0.15, -0.1) is 0 Å². The van der Waals surface area contributed by atoms with Crippen molar-refractivity contribution >= 4 is 12.7 Å². The van der Waals surface area contributed by atoms with Crippen LogP contribution >= 0.6 is 7.37 Å². The van der Waals surface area contributed by atoms with E-state index < -0.39 is 13.2 Å². The third-order valence-electron chi connectivity index (χ3n) is 5.15. The smallest absolute Gasteiger partial charge is 0.252 e. The largest absolute Gasteiger partial charge is 0.383 e. The van der Waals surface area contributed by atoms with Crippen LogP contribution in [0.15, 0.2) is 84.9 Å². The molecule has 0 aromatic heterocycles. The summed E-state index contributed by atoms with van der Waals surface area (Å²) < 4.78 is 26.1. The van der Waals surface area contributed by atoms with E-state index in [0.717, 1.165) is 16.7 Å². The molecule has 0 fully saturated rings. The molecule has 0 aliphatic heterocycles. The fourth-order valence-electron chi connectivity index (χ4n) is 3.67. The molecule has 4 nitrogen and oxygen atoms in total. The number of hydrogen-bond acceptors (Lipinski definition) is 4. The van der Waals surface area contributed by atoms with Crippen LogP contribution in [0.3, 0.4) is 0 Å². The Labute approximate surface area is 179 Å². The fourth-order valence-corrected chi connectivity index (χ4v) is 6.27. The van der Waals surface area contributed by atoms with E-state index in [4.69, 9.17) is 9.26 Å². The minimum absolute atomic E-state index is 0.140. The van der Waals surface area contributed by atoms with Gasteiger partial charge in [0.05, 0.1) is 19.3 Å². The van der Waals surface area contributed by atoms with Crippen molar-refractivity contribution in [2.24, 2.45) is 0 Å². The second-order valence-corrected chi connectivity index (χ2v) is 9.68. The number of aryl methyl sites for hydroxylation is 1. The van der Waals surface area contributed by atoms with E-state index in [2.05, 4.69) is 17.4 Å². The van der Waals surface area contributed by atoms with Crippen molar-refractivity contribution in [1.29, 1.82) is 0 Å². The molecule has 0 radical (unpaired) electrons. The molecular formula is C25H30NO3P. The highest BCUT2D eigenvalue weighted by Crippen LogP contribution is 2.58. The van der Waals surface area contributed by atoms with Gasteiger partial charge in [0, 0.05) is 12.4 Å². The average molecular weight is 423 g/mol. The lowest BCUT2D eigenvalue weighted by Crippen LogP contribution is -2.33. The highest BCUT2D eigenvalue weighted by Gasteiger charge is 2.39. The molecule has 0 aliphatic rings. The van der Waals surface area contributed by atoms with Crippen molar-refractivity contribution in [3.05, 3.63) is 102 Å². The highest BCUT2D eigenvalue weighted by atomic mass is 31.2. The molecule has 0 amide bonds. The molecule has 3 aromatic carbocycles. The zero-order valence-electron chi connectivity index (χ0n) is 17.8. The molecule has 3 atom stereocenters. The molecular weight excluding hydrogens is 393 g/mol. The molecule has 0 saturated carbocycles. The number of benzene rings is 3. The van der Waals surface area contributed by atoms with Gasteiger partial charge in [-0.2, -0.15) is 0 Å². The molecule has 0 spiro atoms. The Morgan fingerprint density at radius 3 is 2.10 bits per heavy atom. The number of methoxy groups -OCH3 is 1. The van der Waals surface area contributed by atoms with Crippen molar-refractivity contribution in [3.8, 4) is 0 Å². The van der Waals surface area contributed by atoms with Crippen molar-refractivity contribution in [1.82, 2.24) is 5.32 Å². The van der Waals surface area contributed by atoms with Crippen molar-refractivity contribution in [2.75, 3.05) is 20.3 Å². The highest BCUT2D eigenvalue weighted by molar-refractivity contribution is 7.67. The number of ether oxygens (including phenoxy) is 1. The number of hydrogen-bond donors (Lipinski definition) is 1. The lowest BCUT2D eigenvalue weighted by Gasteiger charge is -2.33. The second-order valence-electron chi connectivity index (χ2n) is 7.19. The average Bonchev–Trinajstić information content (AvgIpc) is 2.78. The summed E-state index contributed by atoms with van der Waals surface area (Å²) in [6.45, 7) is 4.73. The van der Waals surface area contributed by atoms with Crippen molar-refractivity contribution in [2.45, 2.75) is 25.7 Å². The van der Waals surface area contributed by atoms with Gasteiger partial charge in [-0.3, -0.25) is 9.88 Å². The van der Waals surface area contributed by atoms with E-state index in [1.54, 1.807) is 7.11 Å². The van der Waals surface area contributed by atoms with Crippen molar-refractivity contribution < 1.29 is 13.8 Å². The minimum Gasteiger partial charge on any atom is -0.383 e. The quantitative estimate of drug-likeness (QED) is 0.431. The summed E-state index contributed by atoms with van der Waals surface area (Å²) in [5.41, 5.74) is 3.11. The third-order valence-corrected chi connectivity index (χ3v) is 7.92. The summed E-state index contributed by atoms with van der Waals surface area (Å²) in [5.74, 6) is -0.513. The molecule has 158 valence electrons. The van der Waals surface area contributed by atoms with Crippen LogP contribution in [0.1, 0.15) is 35.4 Å². The predicted octanol–water partition coefficient (Wildman–Crippen LogP) is 5.61. The molecule has 0 heterocycles. The molecule has 0 bridgehead atoms. The van der Waals surface area contributed by atoms with Crippen LogP contribution in [0.4, 0.5) is 0 Å². The standard InChI is InChI=1S/C25H30NO3P/c1-4-29-30(27,22-16-9-6-10-17-22)25(23-18-12-11-13-20(23)2)26-24(19-28-3)21-14-7-5-8-15-21/h5-18,24-26H,4,19H2,1-3H3/t24-,25?,30?/m1/s1. The minimum atomic E-state index is -3.30.